The fourth-order valence-electron chi connectivity index (χ4n) is 3.16. The highest BCUT2D eigenvalue weighted by molar-refractivity contribution is 5.99. The molecular formula is C21H19FN4O4. The molecule has 4 rings (SSSR count). The number of aromatic nitrogens is 2. The second kappa shape index (κ2) is 8.39. The predicted molar refractivity (Wildman–Crippen MR) is 107 cm³/mol. The molecule has 0 fully saturated rings. The standard InChI is InChI=1S/C21H19FN4O4/c1-3-27-12(2)30-17-9-16-18(20-19(17)28-6-7-29-20)21(25-11-24-16)26-14-4-5-15(22)13(8-14)10-23/h4-5,8-9,11-12H,3,6-7H2,1-2H3,(H,24,25,26). The summed E-state index contributed by atoms with van der Waals surface area (Å²) < 4.78 is 36.7. The maximum Gasteiger partial charge on any atom is 0.204 e. The predicted octanol–water partition coefficient (Wildman–Crippen LogP) is 3.92. The topological polar surface area (TPSA) is 98.5 Å². The zero-order chi connectivity index (χ0) is 21.1. The molecule has 2 heterocycles. The quantitative estimate of drug-likeness (QED) is 0.611. The van der Waals surface area contributed by atoms with Crippen LogP contribution < -0.4 is 19.5 Å². The molecule has 1 aliphatic rings. The molecule has 0 bridgehead atoms. The molecule has 0 saturated heterocycles. The SMILES string of the molecule is CCOC(C)Oc1cc2ncnc(Nc3ccc(F)c(C#N)c3)c2c2c1OCCO2. The van der Waals surface area contributed by atoms with Crippen LogP contribution in [0.1, 0.15) is 19.4 Å². The van der Waals surface area contributed by atoms with Gasteiger partial charge in [-0.25, -0.2) is 14.4 Å². The maximum absolute atomic E-state index is 13.7. The third-order valence-corrected chi connectivity index (χ3v) is 4.42. The molecule has 0 spiro atoms. The Balaban J connectivity index is 1.80. The van der Waals surface area contributed by atoms with Crippen molar-refractivity contribution in [1.29, 1.82) is 5.26 Å². The summed E-state index contributed by atoms with van der Waals surface area (Å²) in [6.07, 6.45) is 0.913. The number of fused-ring (bicyclic) bond motifs is 3. The second-order valence-corrected chi connectivity index (χ2v) is 6.42. The molecular weight excluding hydrogens is 391 g/mol. The molecule has 9 heteroatoms. The number of rotatable bonds is 6. The highest BCUT2D eigenvalue weighted by atomic mass is 19.1. The summed E-state index contributed by atoms with van der Waals surface area (Å²) in [4.78, 5) is 8.64. The summed E-state index contributed by atoms with van der Waals surface area (Å²) in [6.45, 7) is 4.91. The number of halogens is 1. The van der Waals surface area contributed by atoms with Crippen molar-refractivity contribution >= 4 is 22.4 Å². The summed E-state index contributed by atoms with van der Waals surface area (Å²) in [6, 6.07) is 7.71. The van der Waals surface area contributed by atoms with E-state index in [9.17, 15) is 4.39 Å². The molecule has 0 radical (unpaired) electrons. The first-order valence-electron chi connectivity index (χ1n) is 9.43. The van der Waals surface area contributed by atoms with Gasteiger partial charge in [0.2, 0.25) is 5.75 Å². The zero-order valence-electron chi connectivity index (χ0n) is 16.4. The van der Waals surface area contributed by atoms with E-state index in [-0.39, 0.29) is 5.56 Å². The van der Waals surface area contributed by atoms with E-state index in [0.717, 1.165) is 0 Å². The van der Waals surface area contributed by atoms with Gasteiger partial charge in [0.15, 0.2) is 17.8 Å². The Morgan fingerprint density at radius 1 is 1.23 bits per heavy atom. The fraction of sp³-hybridized carbons (Fsp3) is 0.286. The number of nitriles is 1. The van der Waals surface area contributed by atoms with Crippen LogP contribution in [0.25, 0.3) is 10.9 Å². The van der Waals surface area contributed by atoms with Gasteiger partial charge in [-0.2, -0.15) is 5.26 Å². The van der Waals surface area contributed by atoms with E-state index in [4.69, 9.17) is 24.2 Å². The lowest BCUT2D eigenvalue weighted by atomic mass is 10.1. The van der Waals surface area contributed by atoms with Gasteiger partial charge in [0, 0.05) is 18.4 Å². The van der Waals surface area contributed by atoms with Gasteiger partial charge >= 0.3 is 0 Å². The van der Waals surface area contributed by atoms with Gasteiger partial charge in [-0.05, 0) is 32.0 Å². The van der Waals surface area contributed by atoms with Crippen LogP contribution in [0.5, 0.6) is 17.2 Å². The summed E-state index contributed by atoms with van der Waals surface area (Å²) >= 11 is 0. The number of nitrogens with one attached hydrogen (secondary N) is 1. The van der Waals surface area contributed by atoms with Crippen LogP contribution in [0, 0.1) is 17.1 Å². The van der Waals surface area contributed by atoms with Crippen LogP contribution in [0.15, 0.2) is 30.6 Å². The summed E-state index contributed by atoms with van der Waals surface area (Å²) in [5.74, 6) is 1.19. The molecule has 0 amide bonds. The van der Waals surface area contributed by atoms with Crippen LogP contribution >= 0.6 is 0 Å². The first-order valence-corrected chi connectivity index (χ1v) is 9.43. The van der Waals surface area contributed by atoms with Crippen molar-refractivity contribution in [2.75, 3.05) is 25.1 Å². The van der Waals surface area contributed by atoms with Crippen molar-refractivity contribution in [3.8, 4) is 23.3 Å². The molecule has 154 valence electrons. The Kier molecular flexibility index (Phi) is 5.50. The van der Waals surface area contributed by atoms with E-state index >= 15 is 0 Å². The van der Waals surface area contributed by atoms with Crippen molar-refractivity contribution in [2.45, 2.75) is 20.1 Å². The highest BCUT2D eigenvalue weighted by Crippen LogP contribution is 2.47. The average molecular weight is 410 g/mol. The third-order valence-electron chi connectivity index (χ3n) is 4.42. The lowest BCUT2D eigenvalue weighted by Gasteiger charge is -2.24. The van der Waals surface area contributed by atoms with Crippen LogP contribution in [-0.2, 0) is 4.74 Å². The van der Waals surface area contributed by atoms with Gasteiger partial charge in [-0.1, -0.05) is 0 Å². The van der Waals surface area contributed by atoms with Crippen molar-refractivity contribution in [2.24, 2.45) is 0 Å². The first-order chi connectivity index (χ1) is 14.6. The molecule has 2 aromatic carbocycles. The minimum atomic E-state index is -0.588. The van der Waals surface area contributed by atoms with Gasteiger partial charge in [0.25, 0.3) is 0 Å². The van der Waals surface area contributed by atoms with E-state index in [0.29, 0.717) is 59.5 Å². The van der Waals surface area contributed by atoms with Crippen LogP contribution in [-0.4, -0.2) is 36.1 Å². The maximum atomic E-state index is 13.7. The zero-order valence-corrected chi connectivity index (χ0v) is 16.4. The van der Waals surface area contributed by atoms with E-state index in [1.54, 1.807) is 13.0 Å². The van der Waals surface area contributed by atoms with Crippen LogP contribution in [0.3, 0.4) is 0 Å². The van der Waals surface area contributed by atoms with Gasteiger partial charge in [0.1, 0.15) is 37.2 Å². The molecule has 0 aliphatic carbocycles. The van der Waals surface area contributed by atoms with Crippen molar-refractivity contribution in [1.82, 2.24) is 9.97 Å². The van der Waals surface area contributed by atoms with E-state index < -0.39 is 12.1 Å². The van der Waals surface area contributed by atoms with Crippen LogP contribution in [0.4, 0.5) is 15.9 Å². The largest absolute Gasteiger partial charge is 0.485 e. The Bertz CT molecular complexity index is 1130. The van der Waals surface area contributed by atoms with Gasteiger partial charge in [0.05, 0.1) is 16.5 Å². The summed E-state index contributed by atoms with van der Waals surface area (Å²) in [7, 11) is 0. The number of hydrogen-bond donors (Lipinski definition) is 1. The minimum Gasteiger partial charge on any atom is -0.485 e. The van der Waals surface area contributed by atoms with Gasteiger partial charge < -0.3 is 24.3 Å². The minimum absolute atomic E-state index is 0.0689. The van der Waals surface area contributed by atoms with E-state index in [1.165, 1.54) is 24.5 Å². The Morgan fingerprint density at radius 3 is 2.80 bits per heavy atom. The normalized spacial score (nSPS) is 13.5. The number of anilines is 2. The highest BCUT2D eigenvalue weighted by Gasteiger charge is 2.25. The molecule has 1 atom stereocenters. The number of nitrogens with zero attached hydrogens (tertiary/aromatic N) is 3. The lowest BCUT2D eigenvalue weighted by molar-refractivity contribution is -0.0630. The molecule has 30 heavy (non-hydrogen) atoms. The monoisotopic (exact) mass is 410 g/mol. The van der Waals surface area contributed by atoms with Crippen molar-refractivity contribution in [3.63, 3.8) is 0 Å². The molecule has 0 saturated carbocycles. The Hall–Kier alpha value is -3.64. The number of ether oxygens (including phenoxy) is 4. The van der Waals surface area contributed by atoms with Crippen molar-refractivity contribution in [3.05, 3.63) is 42.0 Å². The molecule has 3 aromatic rings. The Labute approximate surface area is 172 Å². The molecule has 1 N–H and O–H groups in total. The third kappa shape index (κ3) is 3.77. The second-order valence-electron chi connectivity index (χ2n) is 6.42. The summed E-state index contributed by atoms with van der Waals surface area (Å²) in [5.41, 5.74) is 1.00. The first kappa shape index (κ1) is 19.7. The smallest absolute Gasteiger partial charge is 0.204 e. The number of hydrogen-bond acceptors (Lipinski definition) is 8. The Morgan fingerprint density at radius 2 is 2.03 bits per heavy atom. The fourth-order valence-corrected chi connectivity index (χ4v) is 3.16. The number of benzene rings is 2. The van der Waals surface area contributed by atoms with Gasteiger partial charge in [-0.15, -0.1) is 0 Å². The average Bonchev–Trinajstić information content (AvgIpc) is 2.75. The van der Waals surface area contributed by atoms with Crippen LogP contribution in [0.2, 0.25) is 0 Å². The molecule has 1 aliphatic heterocycles. The van der Waals surface area contributed by atoms with Gasteiger partial charge in [-0.3, -0.25) is 0 Å². The molecule has 1 aromatic heterocycles. The van der Waals surface area contributed by atoms with E-state index in [1.807, 2.05) is 13.0 Å². The molecule has 1 unspecified atom stereocenters. The lowest BCUT2D eigenvalue weighted by Crippen LogP contribution is -2.20. The summed E-state index contributed by atoms with van der Waals surface area (Å²) in [5, 5.41) is 12.8. The van der Waals surface area contributed by atoms with Crippen molar-refractivity contribution < 1.29 is 23.3 Å². The van der Waals surface area contributed by atoms with E-state index in [2.05, 4.69) is 15.3 Å². The molecule has 8 nitrogen and oxygen atoms in total.